The minimum atomic E-state index is -0.756. The molecule has 184 valence electrons. The molecule has 34 heavy (non-hydrogen) atoms. The number of phenols is 1. The minimum Gasteiger partial charge on any atom is -0.508 e. The normalized spacial score (nSPS) is 17.1. The van der Waals surface area contributed by atoms with E-state index in [-0.39, 0.29) is 24.1 Å². The van der Waals surface area contributed by atoms with Crippen LogP contribution in [0.5, 0.6) is 5.75 Å². The van der Waals surface area contributed by atoms with Crippen LogP contribution < -0.4 is 0 Å². The average molecular weight is 468 g/mol. The highest BCUT2D eigenvalue weighted by Gasteiger charge is 2.28. The summed E-state index contributed by atoms with van der Waals surface area (Å²) in [5.41, 5.74) is 3.87. The fourth-order valence-electron chi connectivity index (χ4n) is 4.91. The smallest absolute Gasteiger partial charge is 0.303 e. The molecule has 0 bridgehead atoms. The molecule has 6 heteroatoms. The van der Waals surface area contributed by atoms with Gasteiger partial charge < -0.3 is 20.2 Å². The predicted molar refractivity (Wildman–Crippen MR) is 133 cm³/mol. The number of phenolic OH excluding ortho intramolecular Hbond substituents is 1. The molecule has 1 saturated heterocycles. The van der Waals surface area contributed by atoms with Crippen molar-refractivity contribution < 1.29 is 24.9 Å². The van der Waals surface area contributed by atoms with Crippen molar-refractivity contribution in [3.63, 3.8) is 0 Å². The number of aliphatic hydroxyl groups is 1. The summed E-state index contributed by atoms with van der Waals surface area (Å²) < 4.78 is 0. The molecule has 0 unspecified atom stereocenters. The summed E-state index contributed by atoms with van der Waals surface area (Å²) in [5.74, 6) is -0.320. The number of carbonyl (C=O) groups excluding carboxylic acids is 1. The highest BCUT2D eigenvalue weighted by atomic mass is 16.4. The van der Waals surface area contributed by atoms with Gasteiger partial charge in [0, 0.05) is 25.4 Å². The number of nitrogens with zero attached hydrogens (tertiary/aromatic N) is 1. The zero-order chi connectivity index (χ0) is 24.5. The van der Waals surface area contributed by atoms with Crippen molar-refractivity contribution in [2.45, 2.75) is 83.3 Å². The topological polar surface area (TPSA) is 98.1 Å². The van der Waals surface area contributed by atoms with E-state index in [1.165, 1.54) is 0 Å². The number of unbranched alkanes of at least 4 members (excludes halogenated alkanes) is 3. The number of carbonyl (C=O) groups is 2. The van der Waals surface area contributed by atoms with Gasteiger partial charge in [-0.25, -0.2) is 0 Å². The standard InChI is InChI=1S/C28H37NO5/c1-20-18-24(30)14-15-25(20)21-8-6-9-22(19-21)26(31)16-13-23-10-7-11-27(32)29(23)17-5-3-2-4-12-28(33)34/h6,8-9,14-15,18-19,23,26,30-31H,2-5,7,10-13,16-17H2,1H3,(H,33,34)/t23-,26+/m1/s1. The molecule has 1 heterocycles. The fourth-order valence-corrected chi connectivity index (χ4v) is 4.91. The van der Waals surface area contributed by atoms with E-state index in [4.69, 9.17) is 5.11 Å². The van der Waals surface area contributed by atoms with Gasteiger partial charge in [-0.2, -0.15) is 0 Å². The maximum atomic E-state index is 12.6. The van der Waals surface area contributed by atoms with E-state index >= 15 is 0 Å². The number of benzene rings is 2. The van der Waals surface area contributed by atoms with Gasteiger partial charge in [0.15, 0.2) is 0 Å². The Labute approximate surface area is 202 Å². The number of aliphatic hydroxyl groups excluding tert-OH is 1. The van der Waals surface area contributed by atoms with Gasteiger partial charge in [0.05, 0.1) is 6.10 Å². The van der Waals surface area contributed by atoms with Crippen LogP contribution in [0, 0.1) is 6.92 Å². The van der Waals surface area contributed by atoms with E-state index in [0.29, 0.717) is 25.8 Å². The molecular formula is C28H37NO5. The van der Waals surface area contributed by atoms with Crippen molar-refractivity contribution in [3.05, 3.63) is 53.6 Å². The van der Waals surface area contributed by atoms with E-state index in [0.717, 1.165) is 60.8 Å². The predicted octanol–water partition coefficient (Wildman–Crippen LogP) is 5.60. The zero-order valence-corrected chi connectivity index (χ0v) is 20.1. The van der Waals surface area contributed by atoms with E-state index in [1.54, 1.807) is 12.1 Å². The highest BCUT2D eigenvalue weighted by molar-refractivity contribution is 5.77. The Morgan fingerprint density at radius 3 is 2.68 bits per heavy atom. The number of aryl methyl sites for hydroxylation is 1. The number of piperidine rings is 1. The van der Waals surface area contributed by atoms with Crippen LogP contribution in [0.3, 0.4) is 0 Å². The Balaban J connectivity index is 1.55. The van der Waals surface area contributed by atoms with E-state index in [9.17, 15) is 19.8 Å². The molecule has 1 aliphatic rings. The largest absolute Gasteiger partial charge is 0.508 e. The zero-order valence-electron chi connectivity index (χ0n) is 20.1. The quantitative estimate of drug-likeness (QED) is 0.353. The number of amides is 1. The van der Waals surface area contributed by atoms with Gasteiger partial charge in [-0.3, -0.25) is 9.59 Å². The van der Waals surface area contributed by atoms with Crippen LogP contribution in [0.4, 0.5) is 0 Å². The van der Waals surface area contributed by atoms with E-state index < -0.39 is 12.1 Å². The lowest BCUT2D eigenvalue weighted by Crippen LogP contribution is -2.44. The Morgan fingerprint density at radius 1 is 1.12 bits per heavy atom. The number of likely N-dealkylation sites (tertiary alicyclic amines) is 1. The number of carboxylic acids is 1. The Hall–Kier alpha value is -2.86. The highest BCUT2D eigenvalue weighted by Crippen LogP contribution is 2.31. The van der Waals surface area contributed by atoms with Gasteiger partial charge in [0.25, 0.3) is 0 Å². The number of hydrogen-bond donors (Lipinski definition) is 3. The Kier molecular flexibility index (Phi) is 9.52. The number of rotatable bonds is 12. The maximum absolute atomic E-state index is 12.6. The Bertz CT molecular complexity index is 973. The van der Waals surface area contributed by atoms with Crippen LogP contribution >= 0.6 is 0 Å². The van der Waals surface area contributed by atoms with Crippen LogP contribution in [0.15, 0.2) is 42.5 Å². The SMILES string of the molecule is Cc1cc(O)ccc1-c1cccc([C@@H](O)CC[C@H]2CCCC(=O)N2CCCCCCC(=O)O)c1. The van der Waals surface area contributed by atoms with Crippen molar-refractivity contribution in [2.24, 2.45) is 0 Å². The first-order valence-electron chi connectivity index (χ1n) is 12.4. The molecule has 1 amide bonds. The monoisotopic (exact) mass is 467 g/mol. The molecule has 3 N–H and O–H groups in total. The second kappa shape index (κ2) is 12.6. The van der Waals surface area contributed by atoms with Crippen LogP contribution in [-0.4, -0.2) is 44.7 Å². The lowest BCUT2D eigenvalue weighted by atomic mass is 9.92. The molecular weight excluding hydrogens is 430 g/mol. The van der Waals surface area contributed by atoms with Gasteiger partial charge in [0.1, 0.15) is 5.75 Å². The van der Waals surface area contributed by atoms with Crippen LogP contribution in [0.25, 0.3) is 11.1 Å². The van der Waals surface area contributed by atoms with Crippen LogP contribution in [-0.2, 0) is 9.59 Å². The fraction of sp³-hybridized carbons (Fsp3) is 0.500. The summed E-state index contributed by atoms with van der Waals surface area (Å²) in [4.78, 5) is 25.2. The first-order chi connectivity index (χ1) is 16.3. The summed E-state index contributed by atoms with van der Waals surface area (Å²) in [7, 11) is 0. The molecule has 0 aromatic heterocycles. The van der Waals surface area contributed by atoms with Crippen molar-refractivity contribution in [1.29, 1.82) is 0 Å². The van der Waals surface area contributed by atoms with Gasteiger partial charge >= 0.3 is 5.97 Å². The first-order valence-corrected chi connectivity index (χ1v) is 12.4. The average Bonchev–Trinajstić information content (AvgIpc) is 2.80. The number of hydrogen-bond acceptors (Lipinski definition) is 4. The Morgan fingerprint density at radius 2 is 1.91 bits per heavy atom. The van der Waals surface area contributed by atoms with Crippen molar-refractivity contribution in [2.75, 3.05) is 6.54 Å². The molecule has 0 radical (unpaired) electrons. The van der Waals surface area contributed by atoms with Crippen molar-refractivity contribution in [1.82, 2.24) is 4.90 Å². The summed E-state index contributed by atoms with van der Waals surface area (Å²) in [6.07, 6.45) is 6.76. The lowest BCUT2D eigenvalue weighted by Gasteiger charge is -2.36. The van der Waals surface area contributed by atoms with Gasteiger partial charge in [-0.1, -0.05) is 37.1 Å². The van der Waals surface area contributed by atoms with Crippen molar-refractivity contribution >= 4 is 11.9 Å². The second-order valence-electron chi connectivity index (χ2n) is 9.41. The lowest BCUT2D eigenvalue weighted by molar-refractivity contribution is -0.137. The molecule has 0 saturated carbocycles. The first kappa shape index (κ1) is 25.8. The maximum Gasteiger partial charge on any atom is 0.303 e. The molecule has 2 aromatic rings. The minimum absolute atomic E-state index is 0.150. The number of aliphatic carboxylic acids is 1. The van der Waals surface area contributed by atoms with Crippen LogP contribution in [0.1, 0.15) is 81.4 Å². The molecule has 1 aliphatic heterocycles. The van der Waals surface area contributed by atoms with Crippen molar-refractivity contribution in [3.8, 4) is 16.9 Å². The van der Waals surface area contributed by atoms with Gasteiger partial charge in [0.2, 0.25) is 5.91 Å². The second-order valence-corrected chi connectivity index (χ2v) is 9.41. The van der Waals surface area contributed by atoms with Gasteiger partial charge in [-0.05, 0) is 85.9 Å². The molecule has 1 fully saturated rings. The molecule has 0 aliphatic carbocycles. The molecule has 0 spiro atoms. The van der Waals surface area contributed by atoms with Crippen LogP contribution in [0.2, 0.25) is 0 Å². The van der Waals surface area contributed by atoms with E-state index in [2.05, 4.69) is 0 Å². The number of aromatic hydroxyl groups is 1. The third kappa shape index (κ3) is 7.32. The van der Waals surface area contributed by atoms with Gasteiger partial charge in [-0.15, -0.1) is 0 Å². The van der Waals surface area contributed by atoms with E-state index in [1.807, 2.05) is 42.2 Å². The summed E-state index contributed by atoms with van der Waals surface area (Å²) in [5, 5.41) is 29.3. The number of carboxylic acid groups (broad SMARTS) is 1. The summed E-state index contributed by atoms with van der Waals surface area (Å²) in [6, 6.07) is 13.3. The third-order valence-corrected chi connectivity index (χ3v) is 6.79. The molecule has 2 aromatic carbocycles. The molecule has 6 nitrogen and oxygen atoms in total. The third-order valence-electron chi connectivity index (χ3n) is 6.79. The molecule has 2 atom stereocenters. The summed E-state index contributed by atoms with van der Waals surface area (Å²) in [6.45, 7) is 2.67. The molecule has 3 rings (SSSR count). The summed E-state index contributed by atoms with van der Waals surface area (Å²) >= 11 is 0.